The predicted molar refractivity (Wildman–Crippen MR) is 115 cm³/mol. The van der Waals surface area contributed by atoms with Crippen molar-refractivity contribution in [2.45, 2.75) is 51.7 Å². The van der Waals surface area contributed by atoms with Crippen molar-refractivity contribution in [2.24, 2.45) is 0 Å². The molecule has 1 aliphatic heterocycles. The summed E-state index contributed by atoms with van der Waals surface area (Å²) in [5.41, 5.74) is 3.34. The smallest absolute Gasteiger partial charge is 0.307 e. The van der Waals surface area contributed by atoms with Crippen molar-refractivity contribution in [2.75, 3.05) is 13.1 Å². The van der Waals surface area contributed by atoms with Gasteiger partial charge in [-0.15, -0.1) is 0 Å². The van der Waals surface area contributed by atoms with Crippen molar-refractivity contribution in [3.8, 4) is 0 Å². The highest BCUT2D eigenvalue weighted by molar-refractivity contribution is 5.79. The van der Waals surface area contributed by atoms with Crippen LogP contribution in [0.2, 0.25) is 0 Å². The first-order chi connectivity index (χ1) is 13.4. The Morgan fingerprint density at radius 3 is 2.07 bits per heavy atom. The molecule has 2 aromatic rings. The minimum atomic E-state index is -0.408. The molecule has 1 unspecified atom stereocenters. The number of esters is 1. The van der Waals surface area contributed by atoms with Gasteiger partial charge in [0.05, 0.1) is 6.42 Å². The molecule has 28 heavy (non-hydrogen) atoms. The molecule has 1 atom stereocenters. The predicted octanol–water partition coefficient (Wildman–Crippen LogP) is 5.31. The Morgan fingerprint density at radius 1 is 1.04 bits per heavy atom. The molecule has 0 saturated carbocycles. The van der Waals surface area contributed by atoms with E-state index in [0.717, 1.165) is 25.9 Å². The van der Waals surface area contributed by atoms with Crippen LogP contribution < -0.4 is 0 Å². The molecule has 3 rings (SSSR count). The van der Waals surface area contributed by atoms with Gasteiger partial charge in [0.25, 0.3) is 0 Å². The minimum absolute atomic E-state index is 0.0907. The molecule has 0 aliphatic carbocycles. The van der Waals surface area contributed by atoms with Crippen LogP contribution in [0.25, 0.3) is 5.57 Å². The Morgan fingerprint density at radius 2 is 1.61 bits per heavy atom. The third-order valence-corrected chi connectivity index (χ3v) is 5.02. The molecule has 1 saturated heterocycles. The van der Waals surface area contributed by atoms with Crippen molar-refractivity contribution in [3.05, 3.63) is 77.9 Å². The lowest BCUT2D eigenvalue weighted by atomic mass is 9.96. The van der Waals surface area contributed by atoms with Gasteiger partial charge in [-0.2, -0.15) is 0 Å². The summed E-state index contributed by atoms with van der Waals surface area (Å²) < 4.78 is 5.47. The van der Waals surface area contributed by atoms with Gasteiger partial charge in [0.1, 0.15) is 5.60 Å². The van der Waals surface area contributed by atoms with E-state index in [4.69, 9.17) is 4.74 Å². The minimum Gasteiger partial charge on any atom is -0.460 e. The van der Waals surface area contributed by atoms with Crippen LogP contribution >= 0.6 is 0 Å². The van der Waals surface area contributed by atoms with Crippen LogP contribution in [0.4, 0.5) is 0 Å². The molecule has 1 fully saturated rings. The topological polar surface area (TPSA) is 29.5 Å². The highest BCUT2D eigenvalue weighted by Gasteiger charge is 2.30. The normalized spacial score (nSPS) is 16.9. The molecule has 0 bridgehead atoms. The first kappa shape index (κ1) is 20.3. The third-order valence-electron chi connectivity index (χ3n) is 5.02. The van der Waals surface area contributed by atoms with Gasteiger partial charge in [0.2, 0.25) is 0 Å². The zero-order valence-electron chi connectivity index (χ0n) is 17.2. The molecule has 1 aliphatic rings. The number of carbonyl (C=O) groups is 1. The quantitative estimate of drug-likeness (QED) is 0.612. The Kier molecular flexibility index (Phi) is 6.69. The summed E-state index contributed by atoms with van der Waals surface area (Å²) in [6, 6.07) is 21.4. The largest absolute Gasteiger partial charge is 0.460 e. The van der Waals surface area contributed by atoms with Crippen molar-refractivity contribution >= 4 is 11.5 Å². The maximum Gasteiger partial charge on any atom is 0.307 e. The van der Waals surface area contributed by atoms with Crippen molar-refractivity contribution in [1.82, 2.24) is 4.90 Å². The summed E-state index contributed by atoms with van der Waals surface area (Å²) >= 11 is 0. The van der Waals surface area contributed by atoms with Gasteiger partial charge in [0, 0.05) is 12.6 Å². The lowest BCUT2D eigenvalue weighted by molar-refractivity contribution is -0.157. The second kappa shape index (κ2) is 9.20. The fourth-order valence-electron chi connectivity index (χ4n) is 3.61. The van der Waals surface area contributed by atoms with Gasteiger partial charge in [-0.3, -0.25) is 9.69 Å². The summed E-state index contributed by atoms with van der Waals surface area (Å²) in [5.74, 6) is -0.0907. The first-order valence-corrected chi connectivity index (χ1v) is 10.2. The highest BCUT2D eigenvalue weighted by Crippen LogP contribution is 2.26. The van der Waals surface area contributed by atoms with Crippen molar-refractivity contribution < 1.29 is 9.53 Å². The molecule has 1 heterocycles. The van der Waals surface area contributed by atoms with Gasteiger partial charge in [-0.05, 0) is 56.9 Å². The van der Waals surface area contributed by atoms with Crippen LogP contribution in [0.15, 0.2) is 66.7 Å². The summed E-state index contributed by atoms with van der Waals surface area (Å²) in [6.07, 6.45) is 4.86. The zero-order chi connectivity index (χ0) is 20.0. The van der Waals surface area contributed by atoms with E-state index in [-0.39, 0.29) is 5.97 Å². The molecule has 0 spiro atoms. The summed E-state index contributed by atoms with van der Waals surface area (Å²) in [4.78, 5) is 14.5. The van der Waals surface area contributed by atoms with E-state index in [0.29, 0.717) is 12.5 Å². The van der Waals surface area contributed by atoms with Gasteiger partial charge in [0.15, 0.2) is 0 Å². The Hall–Kier alpha value is -2.39. The van der Waals surface area contributed by atoms with E-state index in [1.807, 2.05) is 32.9 Å². The molecule has 3 heteroatoms. The van der Waals surface area contributed by atoms with Gasteiger partial charge in [-0.1, -0.05) is 66.7 Å². The second-order valence-corrected chi connectivity index (χ2v) is 8.41. The average molecular weight is 378 g/mol. The number of hydrogen-bond acceptors (Lipinski definition) is 3. The van der Waals surface area contributed by atoms with E-state index < -0.39 is 5.60 Å². The molecule has 0 N–H and O–H groups in total. The maximum absolute atomic E-state index is 12.1. The lowest BCUT2D eigenvalue weighted by Gasteiger charge is -2.40. The lowest BCUT2D eigenvalue weighted by Crippen LogP contribution is -2.49. The fourth-order valence-corrected chi connectivity index (χ4v) is 3.61. The SMILES string of the molecule is CC(C)(C)OC(=O)CC1CCN1CCC=C(c1ccccc1)c1ccccc1. The Labute approximate surface area is 169 Å². The van der Waals surface area contributed by atoms with Crippen LogP contribution in [0.5, 0.6) is 0 Å². The number of likely N-dealkylation sites (tertiary alicyclic amines) is 1. The molecule has 0 radical (unpaired) electrons. The fraction of sp³-hybridized carbons (Fsp3) is 0.400. The molecule has 148 valence electrons. The van der Waals surface area contributed by atoms with E-state index in [1.165, 1.54) is 16.7 Å². The Bertz CT molecular complexity index is 749. The highest BCUT2D eigenvalue weighted by atomic mass is 16.6. The number of hydrogen-bond donors (Lipinski definition) is 0. The number of ether oxygens (including phenoxy) is 1. The van der Waals surface area contributed by atoms with Crippen LogP contribution in [0.3, 0.4) is 0 Å². The zero-order valence-corrected chi connectivity index (χ0v) is 17.2. The van der Waals surface area contributed by atoms with Crippen LogP contribution in [0.1, 0.15) is 51.2 Å². The summed E-state index contributed by atoms with van der Waals surface area (Å²) in [7, 11) is 0. The molecular weight excluding hydrogens is 346 g/mol. The van der Waals surface area contributed by atoms with E-state index in [9.17, 15) is 4.79 Å². The van der Waals surface area contributed by atoms with Crippen molar-refractivity contribution in [1.29, 1.82) is 0 Å². The Balaban J connectivity index is 1.60. The number of carbonyl (C=O) groups excluding carboxylic acids is 1. The van der Waals surface area contributed by atoms with Gasteiger partial charge >= 0.3 is 5.97 Å². The van der Waals surface area contributed by atoms with Gasteiger partial charge in [-0.25, -0.2) is 0 Å². The second-order valence-electron chi connectivity index (χ2n) is 8.41. The monoisotopic (exact) mass is 377 g/mol. The van der Waals surface area contributed by atoms with Crippen LogP contribution in [-0.2, 0) is 9.53 Å². The standard InChI is InChI=1S/C25H31NO2/c1-25(2,3)28-24(27)19-22-16-18-26(22)17-10-15-23(20-11-6-4-7-12-20)21-13-8-5-9-14-21/h4-9,11-15,22H,10,16-19H2,1-3H3. The molecular formula is C25H31NO2. The molecule has 2 aromatic carbocycles. The van der Waals surface area contributed by atoms with Crippen molar-refractivity contribution in [3.63, 3.8) is 0 Å². The number of rotatable bonds is 7. The van der Waals surface area contributed by atoms with E-state index in [2.05, 4.69) is 59.5 Å². The summed E-state index contributed by atoms with van der Waals surface area (Å²) in [6.45, 7) is 7.79. The number of benzene rings is 2. The van der Waals surface area contributed by atoms with E-state index in [1.54, 1.807) is 0 Å². The average Bonchev–Trinajstić information content (AvgIpc) is 2.65. The third kappa shape index (κ3) is 5.80. The van der Waals surface area contributed by atoms with Gasteiger partial charge < -0.3 is 4.74 Å². The first-order valence-electron chi connectivity index (χ1n) is 10.2. The van der Waals surface area contributed by atoms with Crippen LogP contribution in [-0.4, -0.2) is 35.6 Å². The maximum atomic E-state index is 12.1. The molecule has 3 nitrogen and oxygen atoms in total. The molecule has 0 amide bonds. The summed E-state index contributed by atoms with van der Waals surface area (Å²) in [5, 5.41) is 0. The molecule has 0 aromatic heterocycles. The van der Waals surface area contributed by atoms with Crippen LogP contribution in [0, 0.1) is 0 Å². The number of nitrogens with zero attached hydrogens (tertiary/aromatic N) is 1. The van der Waals surface area contributed by atoms with E-state index >= 15 is 0 Å².